The van der Waals surface area contributed by atoms with Gasteiger partial charge in [-0.15, -0.1) is 0 Å². The Morgan fingerprint density at radius 2 is 1.46 bits per heavy atom. The van der Waals surface area contributed by atoms with Crippen molar-refractivity contribution in [2.45, 2.75) is 38.0 Å². The van der Waals surface area contributed by atoms with Crippen LogP contribution in [0.25, 0.3) is 11.1 Å². The van der Waals surface area contributed by atoms with Gasteiger partial charge in [-0.25, -0.2) is 0 Å². The summed E-state index contributed by atoms with van der Waals surface area (Å²) in [6.07, 6.45) is 5.50. The highest BCUT2D eigenvalue weighted by molar-refractivity contribution is 6.03. The molecule has 5 rings (SSSR count). The van der Waals surface area contributed by atoms with E-state index >= 15 is 0 Å². The first-order chi connectivity index (χ1) is 13.7. The maximum absolute atomic E-state index is 5.87. The van der Waals surface area contributed by atoms with Gasteiger partial charge in [-0.1, -0.05) is 0 Å². The van der Waals surface area contributed by atoms with Crippen molar-refractivity contribution in [3.8, 4) is 23.0 Å². The number of rotatable bonds is 4. The molecular formula is C24H26O4. The van der Waals surface area contributed by atoms with Gasteiger partial charge in [-0.05, 0) is 83.7 Å². The van der Waals surface area contributed by atoms with E-state index in [2.05, 4.69) is 18.2 Å². The van der Waals surface area contributed by atoms with Crippen molar-refractivity contribution < 1.29 is 18.9 Å². The molecule has 1 atom stereocenters. The van der Waals surface area contributed by atoms with Crippen molar-refractivity contribution in [3.63, 3.8) is 0 Å². The topological polar surface area (TPSA) is 36.9 Å². The predicted octanol–water partition coefficient (Wildman–Crippen LogP) is 5.01. The molecule has 0 radical (unpaired) electrons. The largest absolute Gasteiger partial charge is 0.493 e. The fourth-order valence-corrected chi connectivity index (χ4v) is 5.49. The van der Waals surface area contributed by atoms with Crippen LogP contribution in [0.3, 0.4) is 0 Å². The maximum atomic E-state index is 5.87. The Hall–Kier alpha value is -2.62. The number of allylic oxidation sites excluding steroid dienone is 2. The van der Waals surface area contributed by atoms with E-state index in [9.17, 15) is 0 Å². The van der Waals surface area contributed by atoms with Gasteiger partial charge in [0.2, 0.25) is 0 Å². The van der Waals surface area contributed by atoms with Gasteiger partial charge in [0.15, 0.2) is 23.0 Å². The number of hydrogen-bond donors (Lipinski definition) is 0. The van der Waals surface area contributed by atoms with Crippen molar-refractivity contribution in [3.05, 3.63) is 46.0 Å². The lowest BCUT2D eigenvalue weighted by molar-refractivity contribution is 0.349. The Morgan fingerprint density at radius 1 is 0.750 bits per heavy atom. The summed E-state index contributed by atoms with van der Waals surface area (Å²) < 4.78 is 22.7. The molecule has 0 aromatic heterocycles. The average Bonchev–Trinajstić information content (AvgIpc) is 3.08. The zero-order valence-electron chi connectivity index (χ0n) is 17.0. The van der Waals surface area contributed by atoms with Crippen LogP contribution in [0.4, 0.5) is 0 Å². The van der Waals surface area contributed by atoms with E-state index in [0.717, 1.165) is 48.7 Å². The zero-order chi connectivity index (χ0) is 19.4. The van der Waals surface area contributed by atoms with Gasteiger partial charge in [0.05, 0.1) is 28.4 Å². The summed E-state index contributed by atoms with van der Waals surface area (Å²) in [7, 11) is 6.90. The third kappa shape index (κ3) is 2.24. The smallest absolute Gasteiger partial charge is 0.165 e. The van der Waals surface area contributed by atoms with E-state index in [1.807, 2.05) is 0 Å². The molecule has 0 N–H and O–H groups in total. The number of aryl methyl sites for hydroxylation is 2. The van der Waals surface area contributed by atoms with Gasteiger partial charge < -0.3 is 18.9 Å². The molecule has 4 heteroatoms. The molecule has 28 heavy (non-hydrogen) atoms. The molecule has 2 aromatic carbocycles. The molecule has 3 aliphatic rings. The van der Waals surface area contributed by atoms with E-state index in [-0.39, 0.29) is 0 Å². The van der Waals surface area contributed by atoms with Gasteiger partial charge in [-0.2, -0.15) is 0 Å². The van der Waals surface area contributed by atoms with Crippen molar-refractivity contribution in [2.24, 2.45) is 0 Å². The number of methoxy groups -OCH3 is 4. The quantitative estimate of drug-likeness (QED) is 0.749. The minimum absolute atomic E-state index is 0.359. The lowest BCUT2D eigenvalue weighted by Crippen LogP contribution is -2.11. The molecule has 1 unspecified atom stereocenters. The lowest BCUT2D eigenvalue weighted by atomic mass is 9.78. The minimum atomic E-state index is 0.359. The second-order valence-electron chi connectivity index (χ2n) is 7.76. The van der Waals surface area contributed by atoms with Crippen LogP contribution >= 0.6 is 0 Å². The Bertz CT molecular complexity index is 1000. The van der Waals surface area contributed by atoms with E-state index in [1.165, 1.54) is 45.4 Å². The van der Waals surface area contributed by atoms with Crippen LogP contribution in [-0.2, 0) is 12.8 Å². The molecule has 0 spiro atoms. The molecule has 0 saturated carbocycles. The first-order valence-corrected chi connectivity index (χ1v) is 9.98. The molecule has 0 heterocycles. The van der Waals surface area contributed by atoms with Gasteiger partial charge >= 0.3 is 0 Å². The summed E-state index contributed by atoms with van der Waals surface area (Å²) in [6.45, 7) is 0. The van der Waals surface area contributed by atoms with E-state index in [0.29, 0.717) is 5.92 Å². The predicted molar refractivity (Wildman–Crippen MR) is 110 cm³/mol. The third-order valence-corrected chi connectivity index (χ3v) is 6.59. The van der Waals surface area contributed by atoms with Crippen LogP contribution in [-0.4, -0.2) is 28.4 Å². The van der Waals surface area contributed by atoms with Crippen LogP contribution in [0.2, 0.25) is 0 Å². The molecule has 0 saturated heterocycles. The summed E-state index contributed by atoms with van der Waals surface area (Å²) in [5, 5.41) is 0. The maximum Gasteiger partial charge on any atom is 0.165 e. The monoisotopic (exact) mass is 378 g/mol. The minimum Gasteiger partial charge on any atom is -0.493 e. The molecule has 0 amide bonds. The van der Waals surface area contributed by atoms with Crippen LogP contribution in [0, 0.1) is 0 Å². The number of hydrogen-bond acceptors (Lipinski definition) is 4. The Balaban J connectivity index is 1.78. The standard InChI is InChI=1S/C24H26O4/c1-25-18-10-13-8-9-16-22(17(13)12-19(18)26-2)15-7-5-6-14-11-20(27-3)24(28-4)23(16)21(14)15/h10-12,16H,5-9H2,1-4H3. The number of fused-ring (bicyclic) bond motifs is 4. The second kappa shape index (κ2) is 6.47. The molecule has 0 aliphatic heterocycles. The molecule has 146 valence electrons. The summed E-state index contributed by atoms with van der Waals surface area (Å²) in [4.78, 5) is 0. The van der Waals surface area contributed by atoms with Gasteiger partial charge in [0.1, 0.15) is 0 Å². The molecule has 0 bridgehead atoms. The first-order valence-electron chi connectivity index (χ1n) is 9.98. The van der Waals surface area contributed by atoms with E-state index in [4.69, 9.17) is 18.9 Å². The van der Waals surface area contributed by atoms with Crippen molar-refractivity contribution >= 4 is 11.1 Å². The summed E-state index contributed by atoms with van der Waals surface area (Å²) >= 11 is 0. The summed E-state index contributed by atoms with van der Waals surface area (Å²) in [5.41, 5.74) is 9.78. The first kappa shape index (κ1) is 17.5. The second-order valence-corrected chi connectivity index (χ2v) is 7.76. The van der Waals surface area contributed by atoms with Crippen molar-refractivity contribution in [1.82, 2.24) is 0 Å². The van der Waals surface area contributed by atoms with Crippen LogP contribution in [0.5, 0.6) is 23.0 Å². The lowest BCUT2D eigenvalue weighted by Gasteiger charge is -2.28. The fourth-order valence-electron chi connectivity index (χ4n) is 5.49. The Kier molecular flexibility index (Phi) is 4.04. The normalized spacial score (nSPS) is 18.9. The molecule has 4 nitrogen and oxygen atoms in total. The fraction of sp³-hybridized carbons (Fsp3) is 0.417. The summed E-state index contributed by atoms with van der Waals surface area (Å²) in [6, 6.07) is 6.51. The zero-order valence-corrected chi connectivity index (χ0v) is 17.0. The number of benzene rings is 2. The molecule has 0 fully saturated rings. The molecular weight excluding hydrogens is 352 g/mol. The van der Waals surface area contributed by atoms with Gasteiger partial charge in [0.25, 0.3) is 0 Å². The van der Waals surface area contributed by atoms with Crippen molar-refractivity contribution in [1.29, 1.82) is 0 Å². The molecule has 2 aromatic rings. The highest BCUT2D eigenvalue weighted by atomic mass is 16.5. The van der Waals surface area contributed by atoms with Crippen LogP contribution in [0.1, 0.15) is 53.0 Å². The van der Waals surface area contributed by atoms with Gasteiger partial charge in [-0.3, -0.25) is 0 Å². The highest BCUT2D eigenvalue weighted by Gasteiger charge is 2.41. The van der Waals surface area contributed by atoms with Crippen LogP contribution < -0.4 is 18.9 Å². The average molecular weight is 378 g/mol. The third-order valence-electron chi connectivity index (χ3n) is 6.59. The van der Waals surface area contributed by atoms with Crippen molar-refractivity contribution in [2.75, 3.05) is 28.4 Å². The Labute approximate surface area is 166 Å². The summed E-state index contributed by atoms with van der Waals surface area (Å²) in [5.74, 6) is 3.73. The highest BCUT2D eigenvalue weighted by Crippen LogP contribution is 2.60. The Morgan fingerprint density at radius 3 is 2.18 bits per heavy atom. The van der Waals surface area contributed by atoms with E-state index < -0.39 is 0 Å². The SMILES string of the molecule is COc1cc2c(cc1OC)C1=C3CCCc4cc(OC)c(OC)c(c43)C1CC2. The molecule has 3 aliphatic carbocycles. The number of ether oxygens (including phenoxy) is 4. The van der Waals surface area contributed by atoms with Crippen LogP contribution in [0.15, 0.2) is 18.2 Å². The van der Waals surface area contributed by atoms with Gasteiger partial charge in [0, 0.05) is 11.5 Å². The van der Waals surface area contributed by atoms with E-state index in [1.54, 1.807) is 28.4 Å².